The highest BCUT2D eigenvalue weighted by atomic mass is 16.2. The Kier molecular flexibility index (Phi) is 5.05. The molecule has 2 aliphatic rings. The van der Waals surface area contributed by atoms with Gasteiger partial charge in [0.2, 0.25) is 0 Å². The minimum atomic E-state index is 0.0703. The lowest BCUT2D eigenvalue weighted by Gasteiger charge is -2.37. The fraction of sp³-hybridized carbons (Fsp3) is 0.632. The second kappa shape index (κ2) is 7.62. The molecular weight excluding hydrogens is 342 g/mol. The van der Waals surface area contributed by atoms with Gasteiger partial charge in [-0.05, 0) is 32.6 Å². The molecule has 2 aromatic heterocycles. The van der Waals surface area contributed by atoms with Crippen LogP contribution < -0.4 is 10.2 Å². The lowest BCUT2D eigenvalue weighted by Crippen LogP contribution is -2.53. The molecular formula is C19H29N7O. The molecule has 2 aromatic rings. The van der Waals surface area contributed by atoms with Gasteiger partial charge in [0.25, 0.3) is 0 Å². The van der Waals surface area contributed by atoms with Gasteiger partial charge in [-0.25, -0.2) is 9.78 Å². The number of rotatable bonds is 3. The minimum absolute atomic E-state index is 0.0703. The Morgan fingerprint density at radius 1 is 1.26 bits per heavy atom. The van der Waals surface area contributed by atoms with E-state index in [4.69, 9.17) is 0 Å². The van der Waals surface area contributed by atoms with Crippen LogP contribution in [0.2, 0.25) is 0 Å². The Balaban J connectivity index is 1.30. The zero-order valence-corrected chi connectivity index (χ0v) is 16.2. The zero-order valence-electron chi connectivity index (χ0n) is 16.2. The number of imidazole rings is 1. The molecule has 8 heteroatoms. The molecule has 4 rings (SSSR count). The quantitative estimate of drug-likeness (QED) is 0.865. The highest BCUT2D eigenvalue weighted by Gasteiger charge is 2.28. The van der Waals surface area contributed by atoms with E-state index in [2.05, 4.69) is 31.3 Å². The number of nitrogens with one attached hydrogen (secondary N) is 2. The van der Waals surface area contributed by atoms with Gasteiger partial charge in [0, 0.05) is 63.6 Å². The molecule has 4 heterocycles. The number of aromatic nitrogens is 4. The number of piperidine rings is 2. The van der Waals surface area contributed by atoms with Crippen molar-refractivity contribution in [2.45, 2.75) is 44.6 Å². The van der Waals surface area contributed by atoms with Crippen molar-refractivity contribution in [3.63, 3.8) is 0 Å². The molecule has 0 aliphatic carbocycles. The molecule has 2 fully saturated rings. The number of urea groups is 1. The number of hydrogen-bond acceptors (Lipinski definition) is 4. The van der Waals surface area contributed by atoms with E-state index in [1.807, 2.05) is 29.7 Å². The average molecular weight is 371 g/mol. The summed E-state index contributed by atoms with van der Waals surface area (Å²) >= 11 is 0. The molecule has 0 spiro atoms. The third kappa shape index (κ3) is 3.94. The maximum atomic E-state index is 12.7. The van der Waals surface area contributed by atoms with Crippen LogP contribution in [-0.4, -0.2) is 62.9 Å². The Bertz CT molecular complexity index is 761. The van der Waals surface area contributed by atoms with Crippen LogP contribution in [0.4, 0.5) is 10.6 Å². The van der Waals surface area contributed by atoms with Crippen LogP contribution in [0.1, 0.15) is 43.1 Å². The van der Waals surface area contributed by atoms with E-state index in [1.54, 1.807) is 6.20 Å². The van der Waals surface area contributed by atoms with E-state index in [0.29, 0.717) is 5.92 Å². The largest absolute Gasteiger partial charge is 0.355 e. The second-order valence-electron chi connectivity index (χ2n) is 7.74. The van der Waals surface area contributed by atoms with Crippen molar-refractivity contribution < 1.29 is 4.79 Å². The number of carbonyl (C=O) groups excluding carboxylic acids is 1. The molecule has 2 aliphatic heterocycles. The third-order valence-corrected chi connectivity index (χ3v) is 5.74. The Morgan fingerprint density at radius 3 is 2.74 bits per heavy atom. The van der Waals surface area contributed by atoms with E-state index < -0.39 is 0 Å². The first-order valence-electron chi connectivity index (χ1n) is 9.90. The van der Waals surface area contributed by atoms with Gasteiger partial charge in [0.1, 0.15) is 11.6 Å². The number of hydrogen-bond donors (Lipinski definition) is 2. The van der Waals surface area contributed by atoms with Crippen LogP contribution in [0.3, 0.4) is 0 Å². The normalized spacial score (nSPS) is 21.5. The summed E-state index contributed by atoms with van der Waals surface area (Å²) in [6.07, 6.45) is 7.70. The van der Waals surface area contributed by atoms with Crippen molar-refractivity contribution in [3.8, 4) is 0 Å². The zero-order chi connectivity index (χ0) is 18.8. The first-order chi connectivity index (χ1) is 13.1. The van der Waals surface area contributed by atoms with Gasteiger partial charge in [0.05, 0.1) is 5.69 Å². The molecule has 27 heavy (non-hydrogen) atoms. The predicted molar refractivity (Wildman–Crippen MR) is 104 cm³/mol. The van der Waals surface area contributed by atoms with E-state index in [1.165, 1.54) is 0 Å². The molecule has 0 aromatic carbocycles. The predicted octanol–water partition coefficient (Wildman–Crippen LogP) is 2.01. The van der Waals surface area contributed by atoms with Gasteiger partial charge >= 0.3 is 6.03 Å². The van der Waals surface area contributed by atoms with Gasteiger partial charge in [-0.1, -0.05) is 0 Å². The summed E-state index contributed by atoms with van der Waals surface area (Å²) in [4.78, 5) is 24.6. The molecule has 146 valence electrons. The Morgan fingerprint density at radius 2 is 2.07 bits per heavy atom. The number of nitrogens with zero attached hydrogens (tertiary/aromatic N) is 5. The molecule has 8 nitrogen and oxygen atoms in total. The van der Waals surface area contributed by atoms with Gasteiger partial charge in [-0.2, -0.15) is 5.10 Å². The van der Waals surface area contributed by atoms with E-state index in [9.17, 15) is 4.79 Å². The van der Waals surface area contributed by atoms with E-state index in [-0.39, 0.29) is 12.1 Å². The molecule has 0 bridgehead atoms. The molecule has 1 unspecified atom stereocenters. The first-order valence-corrected chi connectivity index (χ1v) is 9.90. The van der Waals surface area contributed by atoms with E-state index >= 15 is 0 Å². The molecule has 0 saturated carbocycles. The van der Waals surface area contributed by atoms with Gasteiger partial charge < -0.3 is 20.1 Å². The summed E-state index contributed by atoms with van der Waals surface area (Å²) in [6.45, 7) is 5.44. The maximum Gasteiger partial charge on any atom is 0.317 e. The summed E-state index contributed by atoms with van der Waals surface area (Å²) < 4.78 is 1.93. The van der Waals surface area contributed by atoms with Crippen molar-refractivity contribution in [2.75, 3.05) is 31.1 Å². The summed E-state index contributed by atoms with van der Waals surface area (Å²) in [7, 11) is 1.98. The third-order valence-electron chi connectivity index (χ3n) is 5.74. The summed E-state index contributed by atoms with van der Waals surface area (Å²) in [5, 5.41) is 7.70. The van der Waals surface area contributed by atoms with Crippen LogP contribution >= 0.6 is 0 Å². The first kappa shape index (κ1) is 17.9. The van der Waals surface area contributed by atoms with Crippen LogP contribution in [0.15, 0.2) is 18.5 Å². The molecule has 1 atom stereocenters. The van der Waals surface area contributed by atoms with Crippen molar-refractivity contribution in [1.82, 2.24) is 30.0 Å². The van der Waals surface area contributed by atoms with Crippen molar-refractivity contribution >= 4 is 11.8 Å². The van der Waals surface area contributed by atoms with Gasteiger partial charge in [0.15, 0.2) is 0 Å². The van der Waals surface area contributed by atoms with Crippen molar-refractivity contribution in [3.05, 3.63) is 30.0 Å². The van der Waals surface area contributed by atoms with E-state index in [0.717, 1.165) is 69.2 Å². The summed E-state index contributed by atoms with van der Waals surface area (Å²) in [5.74, 6) is 2.61. The topological polar surface area (TPSA) is 82.1 Å². The molecule has 2 amide bonds. The number of likely N-dealkylation sites (tertiary alicyclic amines) is 1. The monoisotopic (exact) mass is 371 g/mol. The fourth-order valence-corrected chi connectivity index (χ4v) is 4.32. The smallest absolute Gasteiger partial charge is 0.317 e. The van der Waals surface area contributed by atoms with Crippen molar-refractivity contribution in [1.29, 1.82) is 0 Å². The number of carbonyl (C=O) groups is 1. The van der Waals surface area contributed by atoms with Gasteiger partial charge in [-0.3, -0.25) is 4.68 Å². The van der Waals surface area contributed by atoms with Crippen LogP contribution in [0.5, 0.6) is 0 Å². The fourth-order valence-electron chi connectivity index (χ4n) is 4.32. The maximum absolute atomic E-state index is 12.7. The van der Waals surface area contributed by atoms with Crippen LogP contribution in [0.25, 0.3) is 0 Å². The SMILES string of the molecule is Cc1cc(N2CCCC(NC(=O)N3CCC(c4ncc[nH]4)CC3)C2)n(C)n1. The Hall–Kier alpha value is -2.51. The number of H-pyrrole nitrogens is 1. The Labute approximate surface area is 159 Å². The summed E-state index contributed by atoms with van der Waals surface area (Å²) in [6, 6.07) is 2.37. The van der Waals surface area contributed by atoms with Crippen molar-refractivity contribution in [2.24, 2.45) is 7.05 Å². The van der Waals surface area contributed by atoms with Gasteiger partial charge in [-0.15, -0.1) is 0 Å². The lowest BCUT2D eigenvalue weighted by atomic mass is 9.96. The second-order valence-corrected chi connectivity index (χ2v) is 7.74. The highest BCUT2D eigenvalue weighted by molar-refractivity contribution is 5.74. The molecule has 2 N–H and O–H groups in total. The molecule has 0 radical (unpaired) electrons. The number of aromatic amines is 1. The highest BCUT2D eigenvalue weighted by Crippen LogP contribution is 2.25. The minimum Gasteiger partial charge on any atom is -0.355 e. The number of aryl methyl sites for hydroxylation is 2. The molecule has 2 saturated heterocycles. The summed E-state index contributed by atoms with van der Waals surface area (Å²) in [5.41, 5.74) is 1.03. The number of amides is 2. The van der Waals surface area contributed by atoms with Crippen LogP contribution in [0, 0.1) is 6.92 Å². The average Bonchev–Trinajstić information content (AvgIpc) is 3.32. The number of anilines is 1. The van der Waals surface area contributed by atoms with Crippen LogP contribution in [-0.2, 0) is 7.05 Å². The standard InChI is InChI=1S/C19H29N7O/c1-14-12-17(24(2)23-14)26-9-3-4-16(13-26)22-19(27)25-10-5-15(6-11-25)18-20-7-8-21-18/h7-8,12,15-16H,3-6,9-11,13H2,1-2H3,(H,20,21)(H,22,27). The lowest BCUT2D eigenvalue weighted by molar-refractivity contribution is 0.175.